The second-order valence-electron chi connectivity index (χ2n) is 7.28. The number of anilines is 1. The molecule has 8 heteroatoms. The SMILES string of the molecule is COC(=O)CCCCc1nc(NCc2ccc3c(c2)OCO3)c2c(C)c(C)sc2n1. The molecule has 1 aliphatic heterocycles. The van der Waals surface area contributed by atoms with Crippen LogP contribution in [-0.4, -0.2) is 29.8 Å². The lowest BCUT2D eigenvalue weighted by Crippen LogP contribution is -2.06. The predicted molar refractivity (Wildman–Crippen MR) is 116 cm³/mol. The minimum Gasteiger partial charge on any atom is -0.469 e. The lowest BCUT2D eigenvalue weighted by Gasteiger charge is -2.10. The molecule has 0 radical (unpaired) electrons. The Morgan fingerprint density at radius 1 is 1.20 bits per heavy atom. The maximum atomic E-state index is 11.3. The second kappa shape index (κ2) is 8.87. The largest absolute Gasteiger partial charge is 0.469 e. The fraction of sp³-hybridized carbons (Fsp3) is 0.409. The first-order valence-electron chi connectivity index (χ1n) is 10.0. The normalized spacial score (nSPS) is 12.4. The zero-order valence-corrected chi connectivity index (χ0v) is 18.2. The topological polar surface area (TPSA) is 82.6 Å². The van der Waals surface area contributed by atoms with Gasteiger partial charge < -0.3 is 19.5 Å². The summed E-state index contributed by atoms with van der Waals surface area (Å²) in [6, 6.07) is 5.95. The molecule has 1 N–H and O–H groups in total. The second-order valence-corrected chi connectivity index (χ2v) is 8.48. The Balaban J connectivity index is 1.52. The number of unbranched alkanes of at least 4 members (excludes halogenated alkanes) is 1. The number of nitrogens with one attached hydrogen (secondary N) is 1. The van der Waals surface area contributed by atoms with Crippen LogP contribution in [0.5, 0.6) is 11.5 Å². The third-order valence-corrected chi connectivity index (χ3v) is 6.33. The van der Waals surface area contributed by atoms with Crippen molar-refractivity contribution in [1.29, 1.82) is 0 Å². The summed E-state index contributed by atoms with van der Waals surface area (Å²) in [7, 11) is 1.42. The molecule has 1 aliphatic rings. The van der Waals surface area contributed by atoms with Crippen LogP contribution in [0, 0.1) is 13.8 Å². The van der Waals surface area contributed by atoms with Gasteiger partial charge in [0.2, 0.25) is 6.79 Å². The Kier molecular flexibility index (Phi) is 6.03. The number of methoxy groups -OCH3 is 1. The van der Waals surface area contributed by atoms with E-state index in [2.05, 4.69) is 19.2 Å². The molecule has 0 bridgehead atoms. The highest BCUT2D eigenvalue weighted by Gasteiger charge is 2.16. The number of carbonyl (C=O) groups is 1. The molecule has 2 aromatic heterocycles. The number of ether oxygens (including phenoxy) is 3. The summed E-state index contributed by atoms with van der Waals surface area (Å²) in [4.78, 5) is 23.1. The average Bonchev–Trinajstić information content (AvgIpc) is 3.33. The first-order chi connectivity index (χ1) is 14.5. The molecule has 0 fully saturated rings. The van der Waals surface area contributed by atoms with Crippen molar-refractivity contribution < 1.29 is 19.0 Å². The van der Waals surface area contributed by atoms with Crippen LogP contribution in [0.25, 0.3) is 10.2 Å². The number of rotatable bonds is 8. The molecule has 158 valence electrons. The molecule has 0 aliphatic carbocycles. The van der Waals surface area contributed by atoms with Gasteiger partial charge in [-0.3, -0.25) is 4.79 Å². The molecule has 30 heavy (non-hydrogen) atoms. The van der Waals surface area contributed by atoms with E-state index in [1.54, 1.807) is 11.3 Å². The summed E-state index contributed by atoms with van der Waals surface area (Å²) < 4.78 is 15.6. The van der Waals surface area contributed by atoms with Gasteiger partial charge >= 0.3 is 5.97 Å². The monoisotopic (exact) mass is 427 g/mol. The maximum Gasteiger partial charge on any atom is 0.305 e. The van der Waals surface area contributed by atoms with E-state index < -0.39 is 0 Å². The Labute approximate surface area is 179 Å². The summed E-state index contributed by atoms with van der Waals surface area (Å²) in [5.41, 5.74) is 2.30. The molecule has 3 heterocycles. The molecule has 3 aromatic rings. The van der Waals surface area contributed by atoms with Crippen LogP contribution < -0.4 is 14.8 Å². The summed E-state index contributed by atoms with van der Waals surface area (Å²) in [5, 5.41) is 4.57. The van der Waals surface area contributed by atoms with Crippen LogP contribution >= 0.6 is 11.3 Å². The van der Waals surface area contributed by atoms with Crippen molar-refractivity contribution >= 4 is 33.3 Å². The van der Waals surface area contributed by atoms with Crippen molar-refractivity contribution in [3.63, 3.8) is 0 Å². The summed E-state index contributed by atoms with van der Waals surface area (Å²) in [5.74, 6) is 3.02. The van der Waals surface area contributed by atoms with Crippen LogP contribution in [0.15, 0.2) is 18.2 Å². The van der Waals surface area contributed by atoms with Gasteiger partial charge in [0.05, 0.1) is 12.5 Å². The number of aryl methyl sites for hydroxylation is 3. The number of aromatic nitrogens is 2. The van der Waals surface area contributed by atoms with Crippen molar-refractivity contribution in [2.45, 2.75) is 46.1 Å². The zero-order chi connectivity index (χ0) is 21.1. The van der Waals surface area contributed by atoms with E-state index in [1.807, 2.05) is 18.2 Å². The first-order valence-corrected chi connectivity index (χ1v) is 10.8. The number of nitrogens with zero attached hydrogens (tertiary/aromatic N) is 2. The van der Waals surface area contributed by atoms with Gasteiger partial charge in [0.15, 0.2) is 11.5 Å². The molecule has 7 nitrogen and oxygen atoms in total. The lowest BCUT2D eigenvalue weighted by molar-refractivity contribution is -0.140. The summed E-state index contributed by atoms with van der Waals surface area (Å²) in [6.45, 7) is 5.11. The third kappa shape index (κ3) is 4.33. The minimum absolute atomic E-state index is 0.179. The highest BCUT2D eigenvalue weighted by atomic mass is 32.1. The zero-order valence-electron chi connectivity index (χ0n) is 17.4. The van der Waals surface area contributed by atoms with E-state index in [1.165, 1.54) is 17.6 Å². The van der Waals surface area contributed by atoms with E-state index in [9.17, 15) is 4.79 Å². The molecule has 4 rings (SSSR count). The van der Waals surface area contributed by atoms with Crippen molar-refractivity contribution in [2.24, 2.45) is 0 Å². The molecular formula is C22H25N3O4S. The van der Waals surface area contributed by atoms with Gasteiger partial charge in [0, 0.05) is 24.3 Å². The van der Waals surface area contributed by atoms with Gasteiger partial charge in [-0.15, -0.1) is 11.3 Å². The Hall–Kier alpha value is -2.87. The van der Waals surface area contributed by atoms with Crippen molar-refractivity contribution in [3.8, 4) is 11.5 Å². The number of fused-ring (bicyclic) bond motifs is 2. The third-order valence-electron chi connectivity index (χ3n) is 5.23. The molecule has 0 atom stereocenters. The van der Waals surface area contributed by atoms with Crippen LogP contribution in [-0.2, 0) is 22.5 Å². The number of thiophene rings is 1. The quantitative estimate of drug-likeness (QED) is 0.418. The summed E-state index contributed by atoms with van der Waals surface area (Å²) in [6.07, 6.45) is 2.74. The van der Waals surface area contributed by atoms with E-state index in [-0.39, 0.29) is 12.8 Å². The standard InChI is InChI=1S/C22H25N3O4S/c1-13-14(2)30-22-20(13)21(24-18(25-22)6-4-5-7-19(26)27-3)23-11-15-8-9-16-17(10-15)29-12-28-16/h8-10H,4-7,11-12H2,1-3H3,(H,23,24,25). The van der Waals surface area contributed by atoms with E-state index >= 15 is 0 Å². The molecule has 0 spiro atoms. The Morgan fingerprint density at radius 3 is 2.87 bits per heavy atom. The average molecular weight is 428 g/mol. The van der Waals surface area contributed by atoms with Crippen LogP contribution in [0.1, 0.15) is 41.1 Å². The van der Waals surface area contributed by atoms with Gasteiger partial charge in [0.25, 0.3) is 0 Å². The van der Waals surface area contributed by atoms with Gasteiger partial charge in [-0.25, -0.2) is 9.97 Å². The van der Waals surface area contributed by atoms with Gasteiger partial charge in [-0.2, -0.15) is 0 Å². The minimum atomic E-state index is -0.179. The van der Waals surface area contributed by atoms with Crippen molar-refractivity contribution in [1.82, 2.24) is 9.97 Å². The van der Waals surface area contributed by atoms with E-state index in [0.29, 0.717) is 13.0 Å². The number of carbonyl (C=O) groups excluding carboxylic acids is 1. The molecule has 0 unspecified atom stereocenters. The molecule has 0 saturated heterocycles. The van der Waals surface area contributed by atoms with Crippen LogP contribution in [0.2, 0.25) is 0 Å². The van der Waals surface area contributed by atoms with Crippen LogP contribution in [0.4, 0.5) is 5.82 Å². The summed E-state index contributed by atoms with van der Waals surface area (Å²) >= 11 is 1.69. The number of hydrogen-bond donors (Lipinski definition) is 1. The number of benzene rings is 1. The first kappa shape index (κ1) is 20.4. The fourth-order valence-electron chi connectivity index (χ4n) is 3.42. The molecule has 0 saturated carbocycles. The van der Waals surface area contributed by atoms with Crippen molar-refractivity contribution in [2.75, 3.05) is 19.2 Å². The van der Waals surface area contributed by atoms with Crippen LogP contribution in [0.3, 0.4) is 0 Å². The Bertz CT molecular complexity index is 1080. The number of esters is 1. The van der Waals surface area contributed by atoms with E-state index in [4.69, 9.17) is 24.2 Å². The number of hydrogen-bond acceptors (Lipinski definition) is 8. The molecule has 1 aromatic carbocycles. The van der Waals surface area contributed by atoms with Gasteiger partial charge in [-0.05, 0) is 49.9 Å². The molecule has 0 amide bonds. The molecular weight excluding hydrogens is 402 g/mol. The smallest absolute Gasteiger partial charge is 0.305 e. The highest BCUT2D eigenvalue weighted by Crippen LogP contribution is 2.35. The predicted octanol–water partition coefficient (Wildman–Crippen LogP) is 4.53. The van der Waals surface area contributed by atoms with Gasteiger partial charge in [-0.1, -0.05) is 6.07 Å². The van der Waals surface area contributed by atoms with E-state index in [0.717, 1.165) is 58.2 Å². The van der Waals surface area contributed by atoms with Crippen molar-refractivity contribution in [3.05, 3.63) is 40.0 Å². The Morgan fingerprint density at radius 2 is 2.03 bits per heavy atom. The maximum absolute atomic E-state index is 11.3. The highest BCUT2D eigenvalue weighted by molar-refractivity contribution is 7.18. The lowest BCUT2D eigenvalue weighted by atomic mass is 10.1. The fourth-order valence-corrected chi connectivity index (χ4v) is 4.47. The van der Waals surface area contributed by atoms with Gasteiger partial charge in [0.1, 0.15) is 16.5 Å².